The molecule has 0 saturated carbocycles. The third-order valence-electron chi connectivity index (χ3n) is 4.60. The number of aromatic nitrogens is 4. The molecule has 0 aliphatic carbocycles. The van der Waals surface area contributed by atoms with Crippen LogP contribution in [0.3, 0.4) is 0 Å². The Labute approximate surface area is 134 Å². The molecular formula is C15H21N7O. The van der Waals surface area contributed by atoms with Crippen LogP contribution in [0.5, 0.6) is 0 Å². The molecule has 0 radical (unpaired) electrons. The molecule has 122 valence electrons. The molecule has 2 aromatic heterocycles. The lowest BCUT2D eigenvalue weighted by Gasteiger charge is -2.47. The lowest BCUT2D eigenvalue weighted by Crippen LogP contribution is -2.61. The quantitative estimate of drug-likeness (QED) is 0.858. The summed E-state index contributed by atoms with van der Waals surface area (Å²) in [7, 11) is 0. The number of nitrogen functional groups attached to an aromatic ring is 1. The summed E-state index contributed by atoms with van der Waals surface area (Å²) >= 11 is 0. The first kappa shape index (κ1) is 14.4. The predicted molar refractivity (Wildman–Crippen MR) is 86.7 cm³/mol. The summed E-state index contributed by atoms with van der Waals surface area (Å²) in [6, 6.07) is 2.67. The van der Waals surface area contributed by atoms with Crippen molar-refractivity contribution >= 4 is 11.6 Å². The highest BCUT2D eigenvalue weighted by Gasteiger charge is 2.33. The van der Waals surface area contributed by atoms with Gasteiger partial charge in [-0.25, -0.2) is 9.67 Å². The Kier molecular flexibility index (Phi) is 3.62. The second-order valence-corrected chi connectivity index (χ2v) is 6.09. The van der Waals surface area contributed by atoms with Crippen LogP contribution < -0.4 is 10.6 Å². The van der Waals surface area contributed by atoms with Gasteiger partial charge in [-0.15, -0.1) is 5.10 Å². The van der Waals surface area contributed by atoms with Crippen molar-refractivity contribution in [2.75, 3.05) is 50.0 Å². The van der Waals surface area contributed by atoms with Crippen molar-refractivity contribution in [3.05, 3.63) is 24.0 Å². The maximum Gasteiger partial charge on any atom is 0.152 e. The number of hydrogen-bond donors (Lipinski definition) is 1. The number of pyridine rings is 1. The van der Waals surface area contributed by atoms with Crippen molar-refractivity contribution in [1.29, 1.82) is 0 Å². The van der Waals surface area contributed by atoms with E-state index < -0.39 is 0 Å². The van der Waals surface area contributed by atoms with Crippen molar-refractivity contribution in [3.8, 4) is 5.69 Å². The van der Waals surface area contributed by atoms with Crippen LogP contribution in [-0.2, 0) is 4.74 Å². The second kappa shape index (κ2) is 5.78. The molecule has 2 N–H and O–H groups in total. The molecule has 0 atom stereocenters. The van der Waals surface area contributed by atoms with E-state index >= 15 is 0 Å². The van der Waals surface area contributed by atoms with E-state index in [0.29, 0.717) is 11.9 Å². The fourth-order valence-electron chi connectivity index (χ4n) is 3.28. The van der Waals surface area contributed by atoms with Crippen molar-refractivity contribution in [3.63, 3.8) is 0 Å². The molecule has 0 bridgehead atoms. The van der Waals surface area contributed by atoms with Crippen molar-refractivity contribution in [2.24, 2.45) is 0 Å². The SMILES string of the molecule is Cc1cc(N2CC(N3CCOCC3)C2)nc(N)c1-n1ccnn1. The van der Waals surface area contributed by atoms with Crippen LogP contribution in [0.2, 0.25) is 0 Å². The van der Waals surface area contributed by atoms with Gasteiger partial charge in [0.1, 0.15) is 11.5 Å². The van der Waals surface area contributed by atoms with Crippen molar-refractivity contribution in [2.45, 2.75) is 13.0 Å². The molecule has 4 heterocycles. The van der Waals surface area contributed by atoms with E-state index in [2.05, 4.69) is 31.2 Å². The number of aryl methyl sites for hydroxylation is 1. The Morgan fingerprint density at radius 3 is 2.70 bits per heavy atom. The van der Waals surface area contributed by atoms with Crippen LogP contribution >= 0.6 is 0 Å². The first-order valence-electron chi connectivity index (χ1n) is 7.93. The van der Waals surface area contributed by atoms with Crippen molar-refractivity contribution < 1.29 is 4.74 Å². The number of hydrogen-bond acceptors (Lipinski definition) is 7. The molecule has 0 aromatic carbocycles. The van der Waals surface area contributed by atoms with E-state index in [9.17, 15) is 0 Å². The van der Waals surface area contributed by atoms with Gasteiger partial charge in [-0.1, -0.05) is 5.21 Å². The molecule has 2 aliphatic heterocycles. The average Bonchev–Trinajstić information content (AvgIpc) is 3.00. The van der Waals surface area contributed by atoms with E-state index in [1.54, 1.807) is 17.1 Å². The van der Waals surface area contributed by atoms with E-state index in [-0.39, 0.29) is 0 Å². The summed E-state index contributed by atoms with van der Waals surface area (Å²) in [6.45, 7) is 7.75. The molecule has 0 amide bonds. The van der Waals surface area contributed by atoms with Gasteiger partial charge in [0.15, 0.2) is 5.82 Å². The molecule has 2 saturated heterocycles. The fourth-order valence-corrected chi connectivity index (χ4v) is 3.28. The molecule has 8 heteroatoms. The maximum absolute atomic E-state index is 6.15. The Hall–Kier alpha value is -2.19. The number of nitrogens with zero attached hydrogens (tertiary/aromatic N) is 6. The minimum absolute atomic E-state index is 0.486. The van der Waals surface area contributed by atoms with Crippen LogP contribution in [0.25, 0.3) is 5.69 Å². The standard InChI is InChI=1S/C15H21N7O/c1-11-8-13(18-15(16)14(11)22-3-2-17-19-22)21-9-12(10-21)20-4-6-23-7-5-20/h2-3,8,12H,4-7,9-10H2,1H3,(H2,16,18). The second-order valence-electron chi connectivity index (χ2n) is 6.09. The summed E-state index contributed by atoms with van der Waals surface area (Å²) in [6.07, 6.45) is 3.41. The molecular weight excluding hydrogens is 294 g/mol. The molecule has 2 fully saturated rings. The largest absolute Gasteiger partial charge is 0.382 e. The monoisotopic (exact) mass is 315 g/mol. The van der Waals surface area contributed by atoms with Crippen LogP contribution in [0.1, 0.15) is 5.56 Å². The van der Waals surface area contributed by atoms with E-state index in [1.807, 2.05) is 6.92 Å². The van der Waals surface area contributed by atoms with E-state index in [1.165, 1.54) is 0 Å². The van der Waals surface area contributed by atoms with Gasteiger partial charge in [0.25, 0.3) is 0 Å². The van der Waals surface area contributed by atoms with E-state index in [0.717, 1.165) is 56.5 Å². The summed E-state index contributed by atoms with van der Waals surface area (Å²) in [5, 5.41) is 7.84. The van der Waals surface area contributed by atoms with Crippen LogP contribution in [0.4, 0.5) is 11.6 Å². The van der Waals surface area contributed by atoms with Gasteiger partial charge >= 0.3 is 0 Å². The Morgan fingerprint density at radius 2 is 2.04 bits per heavy atom. The van der Waals surface area contributed by atoms with Gasteiger partial charge in [0.05, 0.1) is 25.6 Å². The van der Waals surface area contributed by atoms with Gasteiger partial charge in [0.2, 0.25) is 0 Å². The maximum atomic E-state index is 6.15. The number of nitrogens with two attached hydrogens (primary N) is 1. The molecule has 23 heavy (non-hydrogen) atoms. The topological polar surface area (TPSA) is 85.3 Å². The molecule has 2 aromatic rings. The van der Waals surface area contributed by atoms with Crippen molar-refractivity contribution in [1.82, 2.24) is 24.9 Å². The Morgan fingerprint density at radius 1 is 1.26 bits per heavy atom. The summed E-state index contributed by atoms with van der Waals surface area (Å²) in [4.78, 5) is 9.34. The zero-order valence-corrected chi connectivity index (χ0v) is 13.2. The number of anilines is 2. The normalized spacial score (nSPS) is 19.8. The Balaban J connectivity index is 1.49. The van der Waals surface area contributed by atoms with Crippen LogP contribution in [0, 0.1) is 6.92 Å². The highest BCUT2D eigenvalue weighted by atomic mass is 16.5. The van der Waals surface area contributed by atoms with Gasteiger partial charge in [-0.3, -0.25) is 4.90 Å². The molecule has 4 rings (SSSR count). The minimum atomic E-state index is 0.486. The number of ether oxygens (including phenoxy) is 1. The fraction of sp³-hybridized carbons (Fsp3) is 0.533. The first-order chi connectivity index (χ1) is 11.2. The third-order valence-corrected chi connectivity index (χ3v) is 4.60. The predicted octanol–water partition coefficient (Wildman–Crippen LogP) is 0.0737. The highest BCUT2D eigenvalue weighted by Crippen LogP contribution is 2.28. The molecule has 0 spiro atoms. The average molecular weight is 315 g/mol. The van der Waals surface area contributed by atoms with Gasteiger partial charge in [-0.2, -0.15) is 0 Å². The number of rotatable bonds is 3. The highest BCUT2D eigenvalue weighted by molar-refractivity contribution is 5.62. The first-order valence-corrected chi connectivity index (χ1v) is 7.93. The molecule has 0 unspecified atom stereocenters. The van der Waals surface area contributed by atoms with Gasteiger partial charge < -0.3 is 15.4 Å². The Bertz CT molecular complexity index is 652. The number of morpholine rings is 1. The third kappa shape index (κ3) is 2.64. The zero-order chi connectivity index (χ0) is 15.8. The van der Waals surface area contributed by atoms with Gasteiger partial charge in [-0.05, 0) is 18.6 Å². The molecule has 2 aliphatic rings. The van der Waals surface area contributed by atoms with Crippen LogP contribution in [-0.4, -0.2) is 70.3 Å². The lowest BCUT2D eigenvalue weighted by atomic mass is 10.1. The summed E-state index contributed by atoms with van der Waals surface area (Å²) < 4.78 is 7.07. The molecule has 8 nitrogen and oxygen atoms in total. The summed E-state index contributed by atoms with van der Waals surface area (Å²) in [5.74, 6) is 1.42. The van der Waals surface area contributed by atoms with E-state index in [4.69, 9.17) is 10.5 Å². The summed E-state index contributed by atoms with van der Waals surface area (Å²) in [5.41, 5.74) is 8.01. The lowest BCUT2D eigenvalue weighted by molar-refractivity contribution is 0.0104. The minimum Gasteiger partial charge on any atom is -0.382 e. The smallest absolute Gasteiger partial charge is 0.152 e. The van der Waals surface area contributed by atoms with Gasteiger partial charge in [0, 0.05) is 32.2 Å². The zero-order valence-electron chi connectivity index (χ0n) is 13.2. The van der Waals surface area contributed by atoms with Crippen LogP contribution in [0.15, 0.2) is 18.5 Å².